The molecule has 1 amide bonds. The van der Waals surface area contributed by atoms with Crippen LogP contribution in [0.2, 0.25) is 0 Å². The van der Waals surface area contributed by atoms with Gasteiger partial charge in [0.2, 0.25) is 0 Å². The topological polar surface area (TPSA) is 63.4 Å². The highest BCUT2D eigenvalue weighted by atomic mass is 127. The first-order valence-corrected chi connectivity index (χ1v) is 12.3. The quantitative estimate of drug-likeness (QED) is 0.340. The number of fused-ring (bicyclic) bond motifs is 1. The molecular weight excluding hydrogens is 521 g/mol. The number of benzene rings is 1. The second-order valence-electron chi connectivity index (χ2n) is 7.79. The molecule has 8 heteroatoms. The number of halogens is 1. The van der Waals surface area contributed by atoms with Crippen molar-refractivity contribution in [2.24, 2.45) is 0 Å². The molecule has 0 aliphatic carbocycles. The molecule has 0 N–H and O–H groups in total. The Kier molecular flexibility index (Phi) is 5.75. The normalized spacial score (nSPS) is 16.7. The first-order valence-electron chi connectivity index (χ1n) is 10.4. The van der Waals surface area contributed by atoms with Gasteiger partial charge in [-0.15, -0.1) is 11.3 Å². The van der Waals surface area contributed by atoms with Crippen molar-refractivity contribution in [3.63, 3.8) is 0 Å². The van der Waals surface area contributed by atoms with Gasteiger partial charge in [0.05, 0.1) is 15.6 Å². The minimum Gasteiger partial charge on any atom is -0.334 e. The molecule has 0 unspecified atom stereocenters. The Balaban J connectivity index is 1.46. The van der Waals surface area contributed by atoms with Gasteiger partial charge < -0.3 is 4.90 Å². The maximum absolute atomic E-state index is 13.7. The third kappa shape index (κ3) is 3.98. The average Bonchev–Trinajstić information content (AvgIpc) is 3.34. The van der Waals surface area contributed by atoms with E-state index in [1.54, 1.807) is 23.9 Å². The Morgan fingerprint density at radius 2 is 2.03 bits per heavy atom. The second-order valence-corrected chi connectivity index (χ2v) is 10.0. The molecule has 0 bridgehead atoms. The molecule has 0 saturated carbocycles. The van der Waals surface area contributed by atoms with E-state index in [4.69, 9.17) is 4.98 Å². The van der Waals surface area contributed by atoms with Gasteiger partial charge in [-0.05, 0) is 60.4 Å². The monoisotopic (exact) mass is 543 g/mol. The Bertz CT molecular complexity index is 1240. The molecule has 4 heterocycles. The van der Waals surface area contributed by atoms with Crippen molar-refractivity contribution in [2.75, 3.05) is 6.54 Å². The molecule has 158 valence electrons. The smallest absolute Gasteiger partial charge is 0.274 e. The van der Waals surface area contributed by atoms with Crippen LogP contribution in [0.4, 0.5) is 0 Å². The SMILES string of the molecule is Cc1nc(C(=O)N2CCCC[C@H]2Cc2nc3ccncn3c2I)c(-c2ccccc2)s1. The van der Waals surface area contributed by atoms with E-state index >= 15 is 0 Å². The molecule has 1 aliphatic rings. The van der Waals surface area contributed by atoms with Crippen molar-refractivity contribution in [3.05, 3.63) is 69.0 Å². The summed E-state index contributed by atoms with van der Waals surface area (Å²) in [5, 5.41) is 0.915. The van der Waals surface area contributed by atoms with Crippen molar-refractivity contribution in [3.8, 4) is 10.4 Å². The van der Waals surface area contributed by atoms with Crippen LogP contribution in [0.5, 0.6) is 0 Å². The van der Waals surface area contributed by atoms with Crippen LogP contribution in [0.25, 0.3) is 16.1 Å². The number of aryl methyl sites for hydroxylation is 1. The van der Waals surface area contributed by atoms with E-state index < -0.39 is 0 Å². The number of amides is 1. The maximum Gasteiger partial charge on any atom is 0.274 e. The van der Waals surface area contributed by atoms with Gasteiger partial charge in [0, 0.05) is 25.2 Å². The van der Waals surface area contributed by atoms with Gasteiger partial charge in [0.15, 0.2) is 0 Å². The van der Waals surface area contributed by atoms with Gasteiger partial charge in [-0.25, -0.2) is 15.0 Å². The number of rotatable bonds is 4. The molecule has 0 spiro atoms. The standard InChI is InChI=1S/C23H22IN5OS/c1-15-26-20(21(31-15)16-7-3-2-4-8-16)23(30)28-12-6-5-9-17(28)13-18-22(24)29-14-25-11-10-19(29)27-18/h2-4,7-8,10-11,14,17H,5-6,9,12-13H2,1H3/t17-/m0/s1. The minimum absolute atomic E-state index is 0.0355. The third-order valence-corrected chi connectivity index (χ3v) is 7.89. The van der Waals surface area contributed by atoms with Gasteiger partial charge in [-0.1, -0.05) is 30.3 Å². The fourth-order valence-electron chi connectivity index (χ4n) is 4.25. The van der Waals surface area contributed by atoms with Crippen LogP contribution >= 0.6 is 33.9 Å². The number of carbonyl (C=O) groups is 1. The number of hydrogen-bond acceptors (Lipinski definition) is 5. The summed E-state index contributed by atoms with van der Waals surface area (Å²) in [6.07, 6.45) is 7.43. The third-order valence-electron chi connectivity index (χ3n) is 5.73. The molecule has 5 rings (SSSR count). The number of thiazole rings is 1. The fraction of sp³-hybridized carbons (Fsp3) is 0.304. The number of piperidine rings is 1. The molecule has 1 aliphatic heterocycles. The van der Waals surface area contributed by atoms with Crippen LogP contribution in [0.1, 0.15) is 40.5 Å². The molecule has 1 aromatic carbocycles. The van der Waals surface area contributed by atoms with E-state index in [-0.39, 0.29) is 11.9 Å². The van der Waals surface area contributed by atoms with Crippen LogP contribution < -0.4 is 0 Å². The average molecular weight is 543 g/mol. The summed E-state index contributed by atoms with van der Waals surface area (Å²) in [6, 6.07) is 12.1. The molecule has 31 heavy (non-hydrogen) atoms. The highest BCUT2D eigenvalue weighted by molar-refractivity contribution is 14.1. The molecule has 6 nitrogen and oxygen atoms in total. The van der Waals surface area contributed by atoms with Gasteiger partial charge in [-0.3, -0.25) is 9.20 Å². The van der Waals surface area contributed by atoms with Crippen molar-refractivity contribution in [2.45, 2.75) is 38.6 Å². The zero-order valence-electron chi connectivity index (χ0n) is 17.2. The molecule has 1 atom stereocenters. The van der Waals surface area contributed by atoms with Gasteiger partial charge in [0.1, 0.15) is 21.4 Å². The van der Waals surface area contributed by atoms with E-state index in [1.165, 1.54) is 0 Å². The van der Waals surface area contributed by atoms with Crippen LogP contribution in [0.15, 0.2) is 48.9 Å². The molecule has 0 radical (unpaired) electrons. The fourth-order valence-corrected chi connectivity index (χ4v) is 5.87. The van der Waals surface area contributed by atoms with Gasteiger partial charge in [-0.2, -0.15) is 0 Å². The van der Waals surface area contributed by atoms with Gasteiger partial charge >= 0.3 is 0 Å². The lowest BCUT2D eigenvalue weighted by Gasteiger charge is -2.35. The Morgan fingerprint density at radius 3 is 2.84 bits per heavy atom. The van der Waals surface area contributed by atoms with Crippen molar-refractivity contribution in [1.29, 1.82) is 0 Å². The number of likely N-dealkylation sites (tertiary alicyclic amines) is 1. The lowest BCUT2D eigenvalue weighted by atomic mass is 9.97. The summed E-state index contributed by atoms with van der Waals surface area (Å²) in [5.41, 5.74) is 3.54. The summed E-state index contributed by atoms with van der Waals surface area (Å²) in [6.45, 7) is 2.73. The molecule has 1 fully saturated rings. The zero-order valence-corrected chi connectivity index (χ0v) is 20.1. The molecule has 3 aromatic heterocycles. The lowest BCUT2D eigenvalue weighted by molar-refractivity contribution is 0.0607. The Hall–Kier alpha value is -2.33. The van der Waals surface area contributed by atoms with E-state index in [9.17, 15) is 4.79 Å². The Labute approximate surface area is 198 Å². The molecule has 1 saturated heterocycles. The van der Waals surface area contributed by atoms with Crippen molar-refractivity contribution < 1.29 is 4.79 Å². The minimum atomic E-state index is 0.0355. The zero-order chi connectivity index (χ0) is 21.4. The van der Waals surface area contributed by atoms with Crippen molar-refractivity contribution >= 4 is 45.5 Å². The predicted molar refractivity (Wildman–Crippen MR) is 130 cm³/mol. The first-order chi connectivity index (χ1) is 15.1. The largest absolute Gasteiger partial charge is 0.334 e. The van der Waals surface area contributed by atoms with Crippen LogP contribution in [0.3, 0.4) is 0 Å². The molecule has 4 aromatic rings. The highest BCUT2D eigenvalue weighted by Gasteiger charge is 2.32. The van der Waals surface area contributed by atoms with E-state index in [1.807, 2.05) is 52.6 Å². The Morgan fingerprint density at radius 1 is 1.19 bits per heavy atom. The first kappa shape index (κ1) is 20.6. The number of imidazole rings is 1. The van der Waals surface area contributed by atoms with E-state index in [2.05, 4.69) is 32.6 Å². The van der Waals surface area contributed by atoms with E-state index in [0.717, 1.165) is 62.7 Å². The van der Waals surface area contributed by atoms with Crippen LogP contribution in [-0.2, 0) is 6.42 Å². The predicted octanol–water partition coefficient (Wildman–Crippen LogP) is 5.00. The number of aromatic nitrogens is 4. The number of hydrogen-bond donors (Lipinski definition) is 0. The summed E-state index contributed by atoms with van der Waals surface area (Å²) in [4.78, 5) is 30.4. The maximum atomic E-state index is 13.7. The van der Waals surface area contributed by atoms with Crippen LogP contribution in [0, 0.1) is 10.6 Å². The molecular formula is C23H22IN5OS. The lowest BCUT2D eigenvalue weighted by Crippen LogP contribution is -2.45. The van der Waals surface area contributed by atoms with Crippen molar-refractivity contribution in [1.82, 2.24) is 24.3 Å². The number of carbonyl (C=O) groups excluding carboxylic acids is 1. The summed E-state index contributed by atoms with van der Waals surface area (Å²) in [7, 11) is 0. The van der Waals surface area contributed by atoms with Gasteiger partial charge in [0.25, 0.3) is 5.91 Å². The second kappa shape index (κ2) is 8.66. The summed E-state index contributed by atoms with van der Waals surface area (Å²) >= 11 is 3.92. The number of nitrogens with zero attached hydrogens (tertiary/aromatic N) is 5. The summed E-state index contributed by atoms with van der Waals surface area (Å²) < 4.78 is 3.07. The highest BCUT2D eigenvalue weighted by Crippen LogP contribution is 2.33. The van der Waals surface area contributed by atoms with E-state index in [0.29, 0.717) is 5.69 Å². The van der Waals surface area contributed by atoms with Crippen LogP contribution in [-0.4, -0.2) is 42.7 Å². The summed E-state index contributed by atoms with van der Waals surface area (Å²) in [5.74, 6) is 0.0355.